The van der Waals surface area contributed by atoms with Crippen LogP contribution in [0.1, 0.15) is 37.5 Å². The van der Waals surface area contributed by atoms with E-state index in [1.165, 1.54) is 12.3 Å². The molecule has 0 spiro atoms. The number of aromatic nitrogens is 1. The molecule has 0 saturated carbocycles. The van der Waals surface area contributed by atoms with Crippen LogP contribution in [0.25, 0.3) is 0 Å². The Bertz CT molecular complexity index is 1000. The summed E-state index contributed by atoms with van der Waals surface area (Å²) in [6.07, 6.45) is 1.49. The zero-order chi connectivity index (χ0) is 20.1. The van der Waals surface area contributed by atoms with Crippen LogP contribution in [0.3, 0.4) is 0 Å². The molecular weight excluding hydrogens is 350 g/mol. The average molecular weight is 373 g/mol. The highest BCUT2D eigenvalue weighted by Crippen LogP contribution is 2.17. The molecule has 0 saturated heterocycles. The van der Waals surface area contributed by atoms with Crippen molar-refractivity contribution in [3.8, 4) is 0 Å². The van der Waals surface area contributed by atoms with Gasteiger partial charge in [-0.15, -0.1) is 0 Å². The third-order valence-electron chi connectivity index (χ3n) is 4.49. The van der Waals surface area contributed by atoms with Gasteiger partial charge >= 0.3 is 0 Å². The number of nitrogens with one attached hydrogen (secondary N) is 1. The van der Waals surface area contributed by atoms with Gasteiger partial charge in [-0.1, -0.05) is 42.5 Å². The lowest BCUT2D eigenvalue weighted by Crippen LogP contribution is -2.26. The third-order valence-corrected chi connectivity index (χ3v) is 4.49. The first-order valence-electron chi connectivity index (χ1n) is 9.08. The highest BCUT2D eigenvalue weighted by Gasteiger charge is 2.16. The van der Waals surface area contributed by atoms with E-state index < -0.39 is 0 Å². The van der Waals surface area contributed by atoms with Crippen molar-refractivity contribution in [3.05, 3.63) is 94.8 Å². The van der Waals surface area contributed by atoms with E-state index in [2.05, 4.69) is 10.3 Å². The lowest BCUT2D eigenvalue weighted by Gasteiger charge is -2.17. The number of hydrogen-bond acceptors (Lipinski definition) is 3. The Hall–Kier alpha value is -3.47. The third kappa shape index (κ3) is 4.62. The van der Waals surface area contributed by atoms with Crippen molar-refractivity contribution in [2.75, 3.05) is 12.4 Å². The molecule has 28 heavy (non-hydrogen) atoms. The number of anilines is 1. The molecule has 0 aliphatic carbocycles. The molecule has 1 heterocycles. The molecule has 0 unspecified atom stereocenters. The van der Waals surface area contributed by atoms with Gasteiger partial charge in [0.25, 0.3) is 11.8 Å². The van der Waals surface area contributed by atoms with Crippen molar-refractivity contribution in [2.45, 2.75) is 20.4 Å². The van der Waals surface area contributed by atoms with Crippen LogP contribution in [-0.4, -0.2) is 28.7 Å². The molecule has 5 nitrogen and oxygen atoms in total. The van der Waals surface area contributed by atoms with E-state index in [0.717, 1.165) is 22.4 Å². The smallest absolute Gasteiger partial charge is 0.274 e. The Kier molecular flexibility index (Phi) is 5.84. The van der Waals surface area contributed by atoms with E-state index >= 15 is 0 Å². The minimum absolute atomic E-state index is 0.160. The first-order valence-corrected chi connectivity index (χ1v) is 9.08. The molecule has 3 rings (SSSR count). The molecule has 0 aliphatic rings. The first kappa shape index (κ1) is 19.3. The number of rotatable bonds is 5. The fourth-order valence-electron chi connectivity index (χ4n) is 2.89. The largest absolute Gasteiger partial charge is 0.337 e. The van der Waals surface area contributed by atoms with Crippen LogP contribution in [0.4, 0.5) is 5.69 Å². The highest BCUT2D eigenvalue weighted by atomic mass is 16.2. The molecule has 0 bridgehead atoms. The molecule has 0 aliphatic heterocycles. The summed E-state index contributed by atoms with van der Waals surface area (Å²) in [6, 6.07) is 18.8. The molecular formula is C23H23N3O2. The number of amides is 2. The molecule has 0 atom stereocenters. The summed E-state index contributed by atoms with van der Waals surface area (Å²) in [4.78, 5) is 31.1. The first-order chi connectivity index (χ1) is 13.4. The number of carbonyl (C=O) groups excluding carboxylic acids is 2. The maximum absolute atomic E-state index is 12.7. The normalized spacial score (nSPS) is 10.4. The number of pyridine rings is 1. The minimum Gasteiger partial charge on any atom is -0.337 e. The fourth-order valence-corrected chi connectivity index (χ4v) is 2.89. The number of benzene rings is 2. The standard InChI is InChI=1S/C23H23N3O2/c1-16-9-10-17(2)20(13-16)25-22(27)21-14-19(11-12-24-21)23(28)26(3)15-18-7-5-4-6-8-18/h4-14H,15H2,1-3H3,(H,25,27). The number of carbonyl (C=O) groups is 2. The zero-order valence-corrected chi connectivity index (χ0v) is 16.3. The fraction of sp³-hybridized carbons (Fsp3) is 0.174. The summed E-state index contributed by atoms with van der Waals surface area (Å²) >= 11 is 0. The Morgan fingerprint density at radius 1 is 1.00 bits per heavy atom. The Labute approximate surface area is 165 Å². The molecule has 0 fully saturated rings. The van der Waals surface area contributed by atoms with Crippen molar-refractivity contribution in [1.29, 1.82) is 0 Å². The second-order valence-corrected chi connectivity index (χ2v) is 6.85. The van der Waals surface area contributed by atoms with Crippen LogP contribution in [-0.2, 0) is 6.54 Å². The van der Waals surface area contributed by atoms with Crippen LogP contribution in [0, 0.1) is 13.8 Å². The predicted molar refractivity (Wildman–Crippen MR) is 110 cm³/mol. The predicted octanol–water partition coefficient (Wildman–Crippen LogP) is 4.22. The summed E-state index contributed by atoms with van der Waals surface area (Å²) in [5.41, 5.74) is 4.44. The van der Waals surface area contributed by atoms with Crippen molar-refractivity contribution in [1.82, 2.24) is 9.88 Å². The molecule has 3 aromatic rings. The van der Waals surface area contributed by atoms with E-state index in [4.69, 9.17) is 0 Å². The molecule has 5 heteroatoms. The quantitative estimate of drug-likeness (QED) is 0.728. The lowest BCUT2D eigenvalue weighted by atomic mass is 10.1. The molecule has 142 valence electrons. The number of nitrogens with zero attached hydrogens (tertiary/aromatic N) is 2. The Balaban J connectivity index is 1.74. The van der Waals surface area contributed by atoms with Gasteiger partial charge in [-0.25, -0.2) is 0 Å². The summed E-state index contributed by atoms with van der Waals surface area (Å²) in [5.74, 6) is -0.499. The highest BCUT2D eigenvalue weighted by molar-refractivity contribution is 6.05. The van der Waals surface area contributed by atoms with Gasteiger partial charge in [-0.3, -0.25) is 14.6 Å². The topological polar surface area (TPSA) is 62.3 Å². The molecule has 1 aromatic heterocycles. The van der Waals surface area contributed by atoms with Gasteiger partial charge in [0.1, 0.15) is 5.69 Å². The maximum atomic E-state index is 12.7. The molecule has 1 N–H and O–H groups in total. The van der Waals surface area contributed by atoms with Gasteiger partial charge in [0, 0.05) is 31.0 Å². The Morgan fingerprint density at radius 3 is 2.50 bits per heavy atom. The van der Waals surface area contributed by atoms with Crippen LogP contribution in [0.2, 0.25) is 0 Å². The zero-order valence-electron chi connectivity index (χ0n) is 16.3. The van der Waals surface area contributed by atoms with Crippen LogP contribution >= 0.6 is 0 Å². The van der Waals surface area contributed by atoms with Gasteiger partial charge < -0.3 is 10.2 Å². The second-order valence-electron chi connectivity index (χ2n) is 6.85. The summed E-state index contributed by atoms with van der Waals surface area (Å²) in [7, 11) is 1.74. The van der Waals surface area contributed by atoms with Crippen LogP contribution in [0.15, 0.2) is 66.9 Å². The summed E-state index contributed by atoms with van der Waals surface area (Å²) in [6.45, 7) is 4.39. The average Bonchev–Trinajstić information content (AvgIpc) is 2.71. The van der Waals surface area contributed by atoms with E-state index in [0.29, 0.717) is 12.1 Å². The van der Waals surface area contributed by atoms with Gasteiger partial charge in [-0.2, -0.15) is 0 Å². The molecule has 0 radical (unpaired) electrons. The summed E-state index contributed by atoms with van der Waals surface area (Å²) < 4.78 is 0. The Morgan fingerprint density at radius 2 is 1.75 bits per heavy atom. The van der Waals surface area contributed by atoms with E-state index in [-0.39, 0.29) is 17.5 Å². The van der Waals surface area contributed by atoms with Gasteiger partial charge in [0.05, 0.1) is 0 Å². The van der Waals surface area contributed by atoms with Crippen molar-refractivity contribution in [2.24, 2.45) is 0 Å². The minimum atomic E-state index is -0.339. The lowest BCUT2D eigenvalue weighted by molar-refractivity contribution is 0.0785. The SMILES string of the molecule is Cc1ccc(C)c(NC(=O)c2cc(C(=O)N(C)Cc3ccccc3)ccn2)c1. The van der Waals surface area contributed by atoms with E-state index in [9.17, 15) is 9.59 Å². The second kappa shape index (κ2) is 8.48. The number of aryl methyl sites for hydroxylation is 2. The monoisotopic (exact) mass is 373 g/mol. The van der Waals surface area contributed by atoms with Gasteiger partial charge in [0.2, 0.25) is 0 Å². The molecule has 2 amide bonds. The van der Waals surface area contributed by atoms with Gasteiger partial charge in [0.15, 0.2) is 0 Å². The van der Waals surface area contributed by atoms with Crippen molar-refractivity contribution in [3.63, 3.8) is 0 Å². The molecule has 2 aromatic carbocycles. The van der Waals surface area contributed by atoms with Crippen LogP contribution in [0.5, 0.6) is 0 Å². The van der Waals surface area contributed by atoms with Crippen molar-refractivity contribution >= 4 is 17.5 Å². The van der Waals surface area contributed by atoms with Gasteiger partial charge in [-0.05, 0) is 48.7 Å². The van der Waals surface area contributed by atoms with E-state index in [1.54, 1.807) is 18.0 Å². The maximum Gasteiger partial charge on any atom is 0.274 e. The number of hydrogen-bond donors (Lipinski definition) is 1. The van der Waals surface area contributed by atoms with Crippen molar-refractivity contribution < 1.29 is 9.59 Å². The van der Waals surface area contributed by atoms with E-state index in [1.807, 2.05) is 62.4 Å². The van der Waals surface area contributed by atoms with Crippen LogP contribution < -0.4 is 5.32 Å². The summed E-state index contributed by atoms with van der Waals surface area (Å²) in [5, 5.41) is 2.88.